The molecular formula is C29H27N3O4. The van der Waals surface area contributed by atoms with Crippen LogP contribution in [0.25, 0.3) is 0 Å². The van der Waals surface area contributed by atoms with Crippen LogP contribution in [0.1, 0.15) is 43.9 Å². The maximum atomic E-state index is 14.0. The smallest absolute Gasteiger partial charge is 0.269 e. The lowest BCUT2D eigenvalue weighted by atomic mass is 9.73. The van der Waals surface area contributed by atoms with Gasteiger partial charge in [-0.3, -0.25) is 24.6 Å². The van der Waals surface area contributed by atoms with Gasteiger partial charge in [0.25, 0.3) is 5.69 Å². The lowest BCUT2D eigenvalue weighted by Gasteiger charge is -2.37. The molecule has 0 spiro atoms. The summed E-state index contributed by atoms with van der Waals surface area (Å²) in [6.45, 7) is 4.10. The zero-order chi connectivity index (χ0) is 25.4. The van der Waals surface area contributed by atoms with E-state index in [-0.39, 0.29) is 29.2 Å². The first-order valence-corrected chi connectivity index (χ1v) is 12.0. The molecule has 3 aromatic rings. The molecule has 0 bridgehead atoms. The van der Waals surface area contributed by atoms with E-state index in [1.807, 2.05) is 68.4 Å². The molecule has 5 rings (SSSR count). The van der Waals surface area contributed by atoms with Crippen LogP contribution in [-0.2, 0) is 16.0 Å². The van der Waals surface area contributed by atoms with Crippen molar-refractivity contribution in [1.29, 1.82) is 0 Å². The summed E-state index contributed by atoms with van der Waals surface area (Å²) in [5.74, 6) is -0.256. The van der Waals surface area contributed by atoms with E-state index in [9.17, 15) is 19.7 Å². The number of nitrogens with one attached hydrogen (secondary N) is 1. The van der Waals surface area contributed by atoms with Gasteiger partial charge in [-0.25, -0.2) is 0 Å². The zero-order valence-electron chi connectivity index (χ0n) is 20.2. The van der Waals surface area contributed by atoms with Crippen molar-refractivity contribution in [3.8, 4) is 0 Å². The van der Waals surface area contributed by atoms with Gasteiger partial charge >= 0.3 is 0 Å². The Bertz CT molecular complexity index is 1390. The quantitative estimate of drug-likeness (QED) is 0.365. The summed E-state index contributed by atoms with van der Waals surface area (Å²) in [5.41, 5.74) is 3.65. The Labute approximate surface area is 209 Å². The Morgan fingerprint density at radius 1 is 1.03 bits per heavy atom. The number of carbonyl (C=O) groups excluding carboxylic acids is 2. The number of nitro benzene ring substituents is 1. The third-order valence-corrected chi connectivity index (χ3v) is 6.76. The Kier molecular flexibility index (Phi) is 5.92. The van der Waals surface area contributed by atoms with Crippen molar-refractivity contribution in [3.63, 3.8) is 0 Å². The minimum Gasteiger partial charge on any atom is -0.357 e. The van der Waals surface area contributed by atoms with Crippen LogP contribution in [0.3, 0.4) is 0 Å². The van der Waals surface area contributed by atoms with Gasteiger partial charge in [-0.15, -0.1) is 0 Å². The Hall–Kier alpha value is -4.26. The summed E-state index contributed by atoms with van der Waals surface area (Å²) in [7, 11) is 0. The van der Waals surface area contributed by atoms with Gasteiger partial charge < -0.3 is 5.32 Å². The van der Waals surface area contributed by atoms with Gasteiger partial charge in [0.05, 0.1) is 28.8 Å². The third kappa shape index (κ3) is 4.40. The number of carbonyl (C=O) groups is 2. The van der Waals surface area contributed by atoms with Crippen LogP contribution in [0.2, 0.25) is 0 Å². The summed E-state index contributed by atoms with van der Waals surface area (Å²) in [5, 5.41) is 15.1. The predicted octanol–water partition coefficient (Wildman–Crippen LogP) is 5.98. The Morgan fingerprint density at radius 2 is 1.75 bits per heavy atom. The summed E-state index contributed by atoms with van der Waals surface area (Å²) in [6.07, 6.45) is 1.08. The molecule has 0 saturated heterocycles. The van der Waals surface area contributed by atoms with E-state index in [0.29, 0.717) is 29.7 Å². The van der Waals surface area contributed by atoms with Crippen molar-refractivity contribution in [2.24, 2.45) is 5.41 Å². The van der Waals surface area contributed by atoms with E-state index in [1.54, 1.807) is 17.0 Å². The predicted molar refractivity (Wildman–Crippen MR) is 139 cm³/mol. The molecule has 1 N–H and O–H groups in total. The van der Waals surface area contributed by atoms with Crippen molar-refractivity contribution in [1.82, 2.24) is 0 Å². The number of hydrogen-bond donors (Lipinski definition) is 1. The lowest BCUT2D eigenvalue weighted by molar-refractivity contribution is -0.384. The molecule has 1 atom stereocenters. The molecule has 0 radical (unpaired) electrons. The average Bonchev–Trinajstić information content (AvgIpc) is 2.98. The topological polar surface area (TPSA) is 92.6 Å². The highest BCUT2D eigenvalue weighted by Crippen LogP contribution is 2.48. The molecule has 1 heterocycles. The molecule has 7 heteroatoms. The molecule has 7 nitrogen and oxygen atoms in total. The number of fused-ring (bicyclic) bond motifs is 1. The number of para-hydroxylation sites is 2. The number of anilines is 2. The van der Waals surface area contributed by atoms with Gasteiger partial charge in [0.1, 0.15) is 0 Å². The van der Waals surface area contributed by atoms with E-state index < -0.39 is 11.0 Å². The first-order valence-electron chi connectivity index (χ1n) is 12.0. The highest BCUT2D eigenvalue weighted by Gasteiger charge is 2.43. The number of nitro groups is 1. The van der Waals surface area contributed by atoms with Crippen LogP contribution in [0.15, 0.2) is 90.1 Å². The van der Waals surface area contributed by atoms with Gasteiger partial charge in [0.2, 0.25) is 5.91 Å². The molecule has 0 fully saturated rings. The van der Waals surface area contributed by atoms with Crippen LogP contribution >= 0.6 is 0 Å². The third-order valence-electron chi connectivity index (χ3n) is 6.76. The van der Waals surface area contributed by atoms with E-state index >= 15 is 0 Å². The number of benzene rings is 3. The van der Waals surface area contributed by atoms with Gasteiger partial charge in [-0.1, -0.05) is 68.4 Å². The fraction of sp³-hybridized carbons (Fsp3) is 0.241. The van der Waals surface area contributed by atoms with E-state index in [1.165, 1.54) is 12.1 Å². The molecule has 0 unspecified atom stereocenters. The van der Waals surface area contributed by atoms with Crippen LogP contribution in [-0.4, -0.2) is 16.6 Å². The van der Waals surface area contributed by atoms with E-state index in [2.05, 4.69) is 5.32 Å². The number of nitrogens with zero attached hydrogens (tertiary/aromatic N) is 2. The molecule has 1 aliphatic heterocycles. The fourth-order valence-electron chi connectivity index (χ4n) is 5.24. The van der Waals surface area contributed by atoms with Gasteiger partial charge in [-0.05, 0) is 35.1 Å². The van der Waals surface area contributed by atoms with Crippen molar-refractivity contribution < 1.29 is 14.5 Å². The number of amides is 1. The number of hydrogen-bond acceptors (Lipinski definition) is 5. The average molecular weight is 482 g/mol. The monoisotopic (exact) mass is 481 g/mol. The van der Waals surface area contributed by atoms with Crippen LogP contribution in [0.5, 0.6) is 0 Å². The van der Waals surface area contributed by atoms with Gasteiger partial charge in [0, 0.05) is 29.8 Å². The molecule has 3 aromatic carbocycles. The second-order valence-electron chi connectivity index (χ2n) is 10.2. The molecular weight excluding hydrogens is 454 g/mol. The Morgan fingerprint density at radius 3 is 2.50 bits per heavy atom. The highest BCUT2D eigenvalue weighted by molar-refractivity contribution is 6.06. The number of ketones is 1. The maximum Gasteiger partial charge on any atom is 0.269 e. The maximum absolute atomic E-state index is 14.0. The van der Waals surface area contributed by atoms with Crippen LogP contribution < -0.4 is 10.2 Å². The van der Waals surface area contributed by atoms with Crippen molar-refractivity contribution in [3.05, 3.63) is 111 Å². The zero-order valence-corrected chi connectivity index (χ0v) is 20.2. The lowest BCUT2D eigenvalue weighted by Crippen LogP contribution is -2.40. The van der Waals surface area contributed by atoms with Gasteiger partial charge in [0.15, 0.2) is 5.78 Å². The van der Waals surface area contributed by atoms with Crippen molar-refractivity contribution in [2.45, 2.75) is 39.2 Å². The van der Waals surface area contributed by atoms with E-state index in [4.69, 9.17) is 0 Å². The molecule has 0 saturated carbocycles. The van der Waals surface area contributed by atoms with E-state index in [0.717, 1.165) is 16.9 Å². The first-order chi connectivity index (χ1) is 17.2. The molecule has 36 heavy (non-hydrogen) atoms. The Balaban J connectivity index is 1.75. The van der Waals surface area contributed by atoms with Gasteiger partial charge in [-0.2, -0.15) is 0 Å². The molecule has 182 valence electrons. The molecule has 1 aliphatic carbocycles. The number of allylic oxidation sites excluding steroid dienone is 1. The standard InChI is InChI=1S/C29H27N3O4/c1-29(2)17-23-27(25(33)18-29)28(20-11-8-12-21(16-20)32(35)36)31(24-14-7-6-13-22(24)30-23)26(34)15-19-9-4-3-5-10-19/h3-14,16,28,30H,15,17-18H2,1-2H3/t28-/m0/s1. The molecule has 0 aromatic heterocycles. The summed E-state index contributed by atoms with van der Waals surface area (Å²) in [4.78, 5) is 40.5. The summed E-state index contributed by atoms with van der Waals surface area (Å²) >= 11 is 0. The largest absolute Gasteiger partial charge is 0.357 e. The SMILES string of the molecule is CC1(C)CC(=O)C2=C(C1)Nc1ccccc1N(C(=O)Cc1ccccc1)[C@H]2c1cccc([N+](=O)[O-])c1. The normalized spacial score (nSPS) is 18.6. The summed E-state index contributed by atoms with van der Waals surface area (Å²) in [6, 6.07) is 22.4. The second kappa shape index (κ2) is 9.07. The van der Waals surface area contributed by atoms with Crippen molar-refractivity contribution in [2.75, 3.05) is 10.2 Å². The molecule has 1 amide bonds. The fourth-order valence-corrected chi connectivity index (χ4v) is 5.24. The highest BCUT2D eigenvalue weighted by atomic mass is 16.6. The van der Waals surface area contributed by atoms with Crippen LogP contribution in [0, 0.1) is 15.5 Å². The first kappa shape index (κ1) is 23.5. The van der Waals surface area contributed by atoms with Crippen LogP contribution in [0.4, 0.5) is 17.1 Å². The number of rotatable bonds is 4. The minimum atomic E-state index is -0.795. The number of non-ortho nitro benzene ring substituents is 1. The summed E-state index contributed by atoms with van der Waals surface area (Å²) < 4.78 is 0. The second-order valence-corrected chi connectivity index (χ2v) is 10.2. The van der Waals surface area contributed by atoms with Crippen molar-refractivity contribution >= 4 is 28.8 Å². The molecule has 2 aliphatic rings. The number of Topliss-reactive ketones (excluding diaryl/α,β-unsaturated/α-hetero) is 1. The minimum absolute atomic E-state index is 0.0597.